The zero-order valence-electron chi connectivity index (χ0n) is 11.8. The molecule has 20 heavy (non-hydrogen) atoms. The molecular weight excluding hydrogens is 244 g/mol. The second-order valence-corrected chi connectivity index (χ2v) is 5.16. The Hall–Kier alpha value is -2.06. The van der Waals surface area contributed by atoms with Gasteiger partial charge in [0.15, 0.2) is 0 Å². The van der Waals surface area contributed by atoms with Crippen LogP contribution in [0.2, 0.25) is 0 Å². The third-order valence-electron chi connectivity index (χ3n) is 3.88. The fourth-order valence-corrected chi connectivity index (χ4v) is 2.66. The fraction of sp³-hybridized carbons (Fsp3) is 0.222. The van der Waals surface area contributed by atoms with Crippen molar-refractivity contribution in [1.82, 2.24) is 4.98 Å². The molecule has 3 aromatic rings. The molecule has 0 unspecified atom stereocenters. The lowest BCUT2D eigenvalue weighted by Crippen LogP contribution is -2.01. The van der Waals surface area contributed by atoms with Crippen LogP contribution in [0.5, 0.6) is 0 Å². The summed E-state index contributed by atoms with van der Waals surface area (Å²) in [7, 11) is 0. The van der Waals surface area contributed by atoms with Crippen molar-refractivity contribution in [3.05, 3.63) is 59.8 Å². The lowest BCUT2D eigenvalue weighted by molar-refractivity contribution is 0.976. The summed E-state index contributed by atoms with van der Waals surface area (Å²) in [5.41, 5.74) is 12.0. The maximum atomic E-state index is 5.65. The minimum atomic E-state index is 0.688. The van der Waals surface area contributed by atoms with E-state index < -0.39 is 0 Å². The first-order valence-corrected chi connectivity index (χ1v) is 7.21. The van der Waals surface area contributed by atoms with Crippen LogP contribution in [0.25, 0.3) is 22.0 Å². The van der Waals surface area contributed by atoms with Gasteiger partial charge in [0.2, 0.25) is 0 Å². The molecule has 0 saturated carbocycles. The standard InChI is InChI=1S/C18H20N2/c1-2-13-3-5-14(6-4-13)15-7-8-17-16(9-10-19)12-20-18(17)11-15/h3-8,11-12,20H,2,9-10,19H2,1H3. The monoisotopic (exact) mass is 264 g/mol. The molecule has 102 valence electrons. The molecule has 3 N–H and O–H groups in total. The maximum Gasteiger partial charge on any atom is 0.0463 e. The summed E-state index contributed by atoms with van der Waals surface area (Å²) in [4.78, 5) is 3.35. The summed E-state index contributed by atoms with van der Waals surface area (Å²) in [6, 6.07) is 15.4. The number of aromatic nitrogens is 1. The normalized spacial score (nSPS) is 11.1. The van der Waals surface area contributed by atoms with E-state index in [-0.39, 0.29) is 0 Å². The molecule has 2 aromatic carbocycles. The van der Waals surface area contributed by atoms with Gasteiger partial charge in [-0.05, 0) is 47.7 Å². The number of hydrogen-bond acceptors (Lipinski definition) is 1. The van der Waals surface area contributed by atoms with Crippen molar-refractivity contribution >= 4 is 10.9 Å². The van der Waals surface area contributed by atoms with Gasteiger partial charge in [0, 0.05) is 17.1 Å². The lowest BCUT2D eigenvalue weighted by atomic mass is 10.0. The third-order valence-corrected chi connectivity index (χ3v) is 3.88. The second kappa shape index (κ2) is 5.51. The number of aryl methyl sites for hydroxylation is 1. The van der Waals surface area contributed by atoms with Crippen LogP contribution in [0.3, 0.4) is 0 Å². The molecule has 0 aliphatic heterocycles. The van der Waals surface area contributed by atoms with E-state index in [1.807, 2.05) is 0 Å². The lowest BCUT2D eigenvalue weighted by Gasteiger charge is -2.04. The van der Waals surface area contributed by atoms with Gasteiger partial charge < -0.3 is 10.7 Å². The van der Waals surface area contributed by atoms with E-state index in [4.69, 9.17) is 5.73 Å². The van der Waals surface area contributed by atoms with Crippen LogP contribution in [0, 0.1) is 0 Å². The van der Waals surface area contributed by atoms with Gasteiger partial charge in [0.25, 0.3) is 0 Å². The van der Waals surface area contributed by atoms with E-state index in [9.17, 15) is 0 Å². The van der Waals surface area contributed by atoms with E-state index in [0.29, 0.717) is 6.54 Å². The Morgan fingerprint density at radius 1 is 1.00 bits per heavy atom. The topological polar surface area (TPSA) is 41.8 Å². The van der Waals surface area contributed by atoms with Crippen LogP contribution in [0.4, 0.5) is 0 Å². The summed E-state index contributed by atoms with van der Waals surface area (Å²) < 4.78 is 0. The number of aromatic amines is 1. The summed E-state index contributed by atoms with van der Waals surface area (Å²) in [6.07, 6.45) is 4.07. The van der Waals surface area contributed by atoms with Crippen LogP contribution >= 0.6 is 0 Å². The Morgan fingerprint density at radius 2 is 1.75 bits per heavy atom. The number of hydrogen-bond donors (Lipinski definition) is 2. The Morgan fingerprint density at radius 3 is 2.45 bits per heavy atom. The van der Waals surface area contributed by atoms with Crippen molar-refractivity contribution in [1.29, 1.82) is 0 Å². The second-order valence-electron chi connectivity index (χ2n) is 5.16. The molecule has 0 amide bonds. The molecule has 1 heterocycles. The molecule has 2 heteroatoms. The number of H-pyrrole nitrogens is 1. The van der Waals surface area contributed by atoms with E-state index >= 15 is 0 Å². The van der Waals surface area contributed by atoms with Crippen molar-refractivity contribution < 1.29 is 0 Å². The molecule has 0 spiro atoms. The molecule has 0 saturated heterocycles. The van der Waals surface area contributed by atoms with Gasteiger partial charge in [0.05, 0.1) is 0 Å². The molecule has 0 atom stereocenters. The van der Waals surface area contributed by atoms with Gasteiger partial charge in [-0.2, -0.15) is 0 Å². The van der Waals surface area contributed by atoms with Gasteiger partial charge >= 0.3 is 0 Å². The highest BCUT2D eigenvalue weighted by molar-refractivity contribution is 5.87. The summed E-state index contributed by atoms with van der Waals surface area (Å²) >= 11 is 0. The van der Waals surface area contributed by atoms with E-state index in [2.05, 4.69) is 60.6 Å². The zero-order valence-corrected chi connectivity index (χ0v) is 11.8. The summed E-state index contributed by atoms with van der Waals surface area (Å²) in [5, 5.41) is 1.28. The van der Waals surface area contributed by atoms with Gasteiger partial charge in [-0.15, -0.1) is 0 Å². The van der Waals surface area contributed by atoms with Crippen molar-refractivity contribution in [2.24, 2.45) is 5.73 Å². The zero-order chi connectivity index (χ0) is 13.9. The third kappa shape index (κ3) is 2.35. The molecule has 0 aliphatic rings. The first-order valence-electron chi connectivity index (χ1n) is 7.21. The largest absolute Gasteiger partial charge is 0.361 e. The Kier molecular flexibility index (Phi) is 3.57. The predicted molar refractivity (Wildman–Crippen MR) is 85.9 cm³/mol. The number of nitrogens with one attached hydrogen (secondary N) is 1. The Balaban J connectivity index is 1.99. The summed E-state index contributed by atoms with van der Waals surface area (Å²) in [5.74, 6) is 0. The van der Waals surface area contributed by atoms with Crippen LogP contribution in [0.15, 0.2) is 48.7 Å². The Bertz CT molecular complexity index is 708. The number of benzene rings is 2. The SMILES string of the molecule is CCc1ccc(-c2ccc3c(CCN)c[nH]c3c2)cc1. The minimum Gasteiger partial charge on any atom is -0.361 e. The molecule has 1 aromatic heterocycles. The number of rotatable bonds is 4. The highest BCUT2D eigenvalue weighted by atomic mass is 14.7. The Labute approximate surface area is 119 Å². The quantitative estimate of drug-likeness (QED) is 0.737. The smallest absolute Gasteiger partial charge is 0.0463 e. The fourth-order valence-electron chi connectivity index (χ4n) is 2.66. The molecule has 0 aliphatic carbocycles. The van der Waals surface area contributed by atoms with E-state index in [1.165, 1.54) is 33.2 Å². The summed E-state index contributed by atoms with van der Waals surface area (Å²) in [6.45, 7) is 2.87. The van der Waals surface area contributed by atoms with E-state index in [1.54, 1.807) is 0 Å². The maximum absolute atomic E-state index is 5.65. The van der Waals surface area contributed by atoms with E-state index in [0.717, 1.165) is 12.8 Å². The van der Waals surface area contributed by atoms with Crippen LogP contribution in [0.1, 0.15) is 18.1 Å². The first-order chi connectivity index (χ1) is 9.81. The predicted octanol–water partition coefficient (Wildman–Crippen LogP) is 3.90. The number of nitrogens with two attached hydrogens (primary N) is 1. The molecule has 0 fully saturated rings. The molecular formula is C18H20N2. The molecule has 3 rings (SSSR count). The van der Waals surface area contributed by atoms with Crippen molar-refractivity contribution in [2.45, 2.75) is 19.8 Å². The minimum absolute atomic E-state index is 0.688. The van der Waals surface area contributed by atoms with Crippen molar-refractivity contribution in [2.75, 3.05) is 6.54 Å². The van der Waals surface area contributed by atoms with Crippen LogP contribution in [-0.2, 0) is 12.8 Å². The first kappa shape index (κ1) is 12.9. The van der Waals surface area contributed by atoms with Crippen LogP contribution in [-0.4, -0.2) is 11.5 Å². The molecule has 2 nitrogen and oxygen atoms in total. The van der Waals surface area contributed by atoms with Gasteiger partial charge in [-0.25, -0.2) is 0 Å². The highest BCUT2D eigenvalue weighted by Crippen LogP contribution is 2.26. The average Bonchev–Trinajstić information content (AvgIpc) is 2.90. The van der Waals surface area contributed by atoms with Gasteiger partial charge in [-0.1, -0.05) is 43.3 Å². The average molecular weight is 264 g/mol. The molecule has 0 radical (unpaired) electrons. The van der Waals surface area contributed by atoms with Crippen molar-refractivity contribution in [3.63, 3.8) is 0 Å². The highest BCUT2D eigenvalue weighted by Gasteiger charge is 2.05. The molecule has 0 bridgehead atoms. The van der Waals surface area contributed by atoms with Crippen LogP contribution < -0.4 is 5.73 Å². The van der Waals surface area contributed by atoms with Crippen molar-refractivity contribution in [3.8, 4) is 11.1 Å². The number of fused-ring (bicyclic) bond motifs is 1. The van der Waals surface area contributed by atoms with Gasteiger partial charge in [0.1, 0.15) is 0 Å². The van der Waals surface area contributed by atoms with Gasteiger partial charge in [-0.3, -0.25) is 0 Å².